The zero-order valence-electron chi connectivity index (χ0n) is 10.00. The topological polar surface area (TPSA) is 12.0 Å². The molecule has 2 saturated carbocycles. The quantitative estimate of drug-likeness (QED) is 0.696. The molecule has 1 heteroatoms. The maximum atomic E-state index is 3.70. The first-order valence-corrected chi connectivity index (χ1v) is 6.54. The third kappa shape index (κ3) is 1.87. The van der Waals surface area contributed by atoms with Gasteiger partial charge in [-0.15, -0.1) is 0 Å². The van der Waals surface area contributed by atoms with Crippen molar-refractivity contribution in [3.05, 3.63) is 12.2 Å². The Hall–Kier alpha value is -0.300. The minimum absolute atomic E-state index is 0.640. The van der Waals surface area contributed by atoms with Gasteiger partial charge in [-0.05, 0) is 61.4 Å². The Morgan fingerprint density at radius 1 is 1.20 bits per heavy atom. The van der Waals surface area contributed by atoms with E-state index in [9.17, 15) is 0 Å². The van der Waals surface area contributed by atoms with Crippen LogP contribution in [0.2, 0.25) is 0 Å². The van der Waals surface area contributed by atoms with Gasteiger partial charge in [0.1, 0.15) is 0 Å². The first kappa shape index (κ1) is 9.89. The summed E-state index contributed by atoms with van der Waals surface area (Å²) in [5, 5.41) is 3.70. The SMILES string of the molecule is CC1(C)CC1CNCC1CC2C=CC1C2. The van der Waals surface area contributed by atoms with Crippen LogP contribution in [0, 0.1) is 29.1 Å². The molecule has 0 spiro atoms. The van der Waals surface area contributed by atoms with Crippen LogP contribution < -0.4 is 5.32 Å². The molecule has 0 aromatic rings. The van der Waals surface area contributed by atoms with Gasteiger partial charge in [0.2, 0.25) is 0 Å². The predicted molar refractivity (Wildman–Crippen MR) is 63.6 cm³/mol. The van der Waals surface area contributed by atoms with Gasteiger partial charge in [-0.1, -0.05) is 26.0 Å². The van der Waals surface area contributed by atoms with E-state index in [0.717, 1.165) is 23.7 Å². The van der Waals surface area contributed by atoms with Crippen molar-refractivity contribution in [2.45, 2.75) is 33.1 Å². The second-order valence-corrected chi connectivity index (χ2v) is 6.59. The van der Waals surface area contributed by atoms with E-state index >= 15 is 0 Å². The van der Waals surface area contributed by atoms with E-state index in [1.807, 2.05) is 0 Å². The minimum Gasteiger partial charge on any atom is -0.316 e. The standard InChI is InChI=1S/C14H23N/c1-14(2)7-13(14)9-15-8-12-6-10-3-4-11(12)5-10/h3-4,10-13,15H,5-9H2,1-2H3. The van der Waals surface area contributed by atoms with Crippen molar-refractivity contribution in [1.82, 2.24) is 5.32 Å². The summed E-state index contributed by atoms with van der Waals surface area (Å²) in [6, 6.07) is 0. The van der Waals surface area contributed by atoms with Gasteiger partial charge in [-0.2, -0.15) is 0 Å². The smallest absolute Gasteiger partial charge is 0.00146 e. The summed E-state index contributed by atoms with van der Waals surface area (Å²) >= 11 is 0. The highest BCUT2D eigenvalue weighted by Gasteiger charge is 2.45. The van der Waals surface area contributed by atoms with Gasteiger partial charge in [-0.3, -0.25) is 0 Å². The van der Waals surface area contributed by atoms with Gasteiger partial charge in [0.15, 0.2) is 0 Å². The number of nitrogens with one attached hydrogen (secondary N) is 1. The van der Waals surface area contributed by atoms with Gasteiger partial charge in [0, 0.05) is 0 Å². The average molecular weight is 205 g/mol. The van der Waals surface area contributed by atoms with E-state index in [1.165, 1.54) is 32.4 Å². The van der Waals surface area contributed by atoms with Crippen LogP contribution in [0.5, 0.6) is 0 Å². The van der Waals surface area contributed by atoms with Crippen LogP contribution in [0.4, 0.5) is 0 Å². The lowest BCUT2D eigenvalue weighted by atomic mass is 9.93. The van der Waals surface area contributed by atoms with Crippen LogP contribution >= 0.6 is 0 Å². The van der Waals surface area contributed by atoms with Gasteiger partial charge in [0.05, 0.1) is 0 Å². The maximum absolute atomic E-state index is 3.70. The molecule has 4 unspecified atom stereocenters. The molecule has 84 valence electrons. The molecule has 1 nitrogen and oxygen atoms in total. The summed E-state index contributed by atoms with van der Waals surface area (Å²) in [5.41, 5.74) is 0.640. The van der Waals surface area contributed by atoms with E-state index in [2.05, 4.69) is 31.3 Å². The van der Waals surface area contributed by atoms with Crippen molar-refractivity contribution in [2.24, 2.45) is 29.1 Å². The van der Waals surface area contributed by atoms with E-state index in [4.69, 9.17) is 0 Å². The Labute approximate surface area is 93.3 Å². The van der Waals surface area contributed by atoms with Crippen LogP contribution in [0.1, 0.15) is 33.1 Å². The molecule has 0 radical (unpaired) electrons. The van der Waals surface area contributed by atoms with Gasteiger partial charge < -0.3 is 5.32 Å². The van der Waals surface area contributed by atoms with Crippen molar-refractivity contribution in [3.63, 3.8) is 0 Å². The Balaban J connectivity index is 1.39. The second-order valence-electron chi connectivity index (χ2n) is 6.59. The molecule has 0 aromatic carbocycles. The molecule has 0 aromatic heterocycles. The number of hydrogen-bond donors (Lipinski definition) is 1. The molecule has 2 fully saturated rings. The molecule has 15 heavy (non-hydrogen) atoms. The molecule has 3 aliphatic rings. The zero-order chi connectivity index (χ0) is 10.5. The van der Waals surface area contributed by atoms with E-state index in [1.54, 1.807) is 0 Å². The summed E-state index contributed by atoms with van der Waals surface area (Å²) in [7, 11) is 0. The highest BCUT2D eigenvalue weighted by Crippen LogP contribution is 2.51. The lowest BCUT2D eigenvalue weighted by Gasteiger charge is -2.18. The molecule has 4 atom stereocenters. The molecular weight excluding hydrogens is 182 g/mol. The molecule has 0 heterocycles. The lowest BCUT2D eigenvalue weighted by molar-refractivity contribution is 0.401. The molecule has 0 saturated heterocycles. The van der Waals surface area contributed by atoms with E-state index < -0.39 is 0 Å². The number of allylic oxidation sites excluding steroid dienone is 2. The van der Waals surface area contributed by atoms with Gasteiger partial charge >= 0.3 is 0 Å². The van der Waals surface area contributed by atoms with Crippen molar-refractivity contribution in [2.75, 3.05) is 13.1 Å². The first-order valence-electron chi connectivity index (χ1n) is 6.54. The molecule has 1 N–H and O–H groups in total. The summed E-state index contributed by atoms with van der Waals surface area (Å²) in [6.45, 7) is 7.29. The van der Waals surface area contributed by atoms with Gasteiger partial charge in [0.25, 0.3) is 0 Å². The summed E-state index contributed by atoms with van der Waals surface area (Å²) in [4.78, 5) is 0. The number of rotatable bonds is 4. The third-order valence-electron chi connectivity index (χ3n) is 4.93. The molecule has 3 aliphatic carbocycles. The van der Waals surface area contributed by atoms with Crippen molar-refractivity contribution in [1.29, 1.82) is 0 Å². The van der Waals surface area contributed by atoms with Crippen LogP contribution in [-0.2, 0) is 0 Å². The number of fused-ring (bicyclic) bond motifs is 2. The Kier molecular flexibility index (Phi) is 2.21. The fourth-order valence-corrected chi connectivity index (χ4v) is 3.50. The molecule has 2 bridgehead atoms. The van der Waals surface area contributed by atoms with E-state index in [-0.39, 0.29) is 0 Å². The monoisotopic (exact) mass is 205 g/mol. The van der Waals surface area contributed by atoms with Crippen LogP contribution in [0.25, 0.3) is 0 Å². The van der Waals surface area contributed by atoms with Crippen LogP contribution in [-0.4, -0.2) is 13.1 Å². The zero-order valence-corrected chi connectivity index (χ0v) is 10.00. The lowest BCUT2D eigenvalue weighted by Crippen LogP contribution is -2.27. The molecule has 0 amide bonds. The van der Waals surface area contributed by atoms with Crippen molar-refractivity contribution < 1.29 is 0 Å². The highest BCUT2D eigenvalue weighted by molar-refractivity contribution is 5.10. The first-order chi connectivity index (χ1) is 7.15. The number of hydrogen-bond acceptors (Lipinski definition) is 1. The molecule has 3 rings (SSSR count). The fraction of sp³-hybridized carbons (Fsp3) is 0.857. The van der Waals surface area contributed by atoms with E-state index in [0.29, 0.717) is 5.41 Å². The normalized spacial score (nSPS) is 44.9. The maximum Gasteiger partial charge on any atom is -0.00146 e. The minimum atomic E-state index is 0.640. The molecular formula is C14H23N. The fourth-order valence-electron chi connectivity index (χ4n) is 3.50. The predicted octanol–water partition coefficient (Wildman–Crippen LogP) is 2.83. The van der Waals surface area contributed by atoms with Crippen LogP contribution in [0.3, 0.4) is 0 Å². The molecule has 0 aliphatic heterocycles. The Morgan fingerprint density at radius 2 is 2.00 bits per heavy atom. The Morgan fingerprint density at radius 3 is 2.53 bits per heavy atom. The average Bonchev–Trinajstić information content (AvgIpc) is 2.60. The van der Waals surface area contributed by atoms with Crippen molar-refractivity contribution in [3.8, 4) is 0 Å². The van der Waals surface area contributed by atoms with Crippen molar-refractivity contribution >= 4 is 0 Å². The summed E-state index contributed by atoms with van der Waals surface area (Å²) < 4.78 is 0. The largest absolute Gasteiger partial charge is 0.316 e. The van der Waals surface area contributed by atoms with Gasteiger partial charge in [-0.25, -0.2) is 0 Å². The summed E-state index contributed by atoms with van der Waals surface area (Å²) in [5.74, 6) is 3.74. The highest BCUT2D eigenvalue weighted by atomic mass is 14.9. The third-order valence-corrected chi connectivity index (χ3v) is 4.93. The second kappa shape index (κ2) is 3.35. The Bertz CT molecular complexity index is 279. The van der Waals surface area contributed by atoms with Crippen LogP contribution in [0.15, 0.2) is 12.2 Å². The summed E-state index contributed by atoms with van der Waals surface area (Å²) in [6.07, 6.45) is 9.22.